The maximum atomic E-state index is 4.93. The molecule has 0 bridgehead atoms. The van der Waals surface area contributed by atoms with Crippen LogP contribution in [0.2, 0.25) is 0 Å². The third kappa shape index (κ3) is 6.47. The molecule has 0 aliphatic heterocycles. The van der Waals surface area contributed by atoms with Crippen molar-refractivity contribution in [2.24, 2.45) is 0 Å². The van der Waals surface area contributed by atoms with Crippen molar-refractivity contribution in [3.63, 3.8) is 0 Å². The monoisotopic (exact) mass is 238 g/mol. The smallest absolute Gasteiger partial charge is 0.191 e. The molecule has 0 amide bonds. The van der Waals surface area contributed by atoms with Gasteiger partial charge >= 0.3 is 0 Å². The average molecular weight is 238 g/mol. The van der Waals surface area contributed by atoms with Gasteiger partial charge in [0, 0.05) is 5.30 Å². The lowest BCUT2D eigenvalue weighted by Crippen LogP contribution is -1.73. The molecule has 0 aromatic carbocycles. The topological polar surface area (TPSA) is 26.3 Å². The third-order valence-electron chi connectivity index (χ3n) is 2.21. The van der Waals surface area contributed by atoms with Gasteiger partial charge in [0.05, 0.1) is 0 Å². The molecule has 0 saturated carbocycles. The van der Waals surface area contributed by atoms with Gasteiger partial charge in [0.15, 0.2) is 8.43 Å². The number of allylic oxidation sites excluding steroid dienone is 1. The summed E-state index contributed by atoms with van der Waals surface area (Å²) in [4.78, 5) is 0. The summed E-state index contributed by atoms with van der Waals surface area (Å²) in [5.41, 5.74) is 0. The summed E-state index contributed by atoms with van der Waals surface area (Å²) in [5.74, 6) is 0. The van der Waals surface area contributed by atoms with E-state index in [1.165, 1.54) is 31.9 Å². The largest absolute Gasteiger partial charge is 0.295 e. The fourth-order valence-corrected chi connectivity index (χ4v) is 1.82. The third-order valence-corrected chi connectivity index (χ3v) is 2.88. The second-order valence-corrected chi connectivity index (χ2v) is 4.47. The van der Waals surface area contributed by atoms with Crippen LogP contribution in [0.25, 0.3) is 6.08 Å². The SMILES string of the molecule is CCCCCCC=Cc1ccccoop1. The summed E-state index contributed by atoms with van der Waals surface area (Å²) < 4.78 is 9.69. The van der Waals surface area contributed by atoms with Crippen molar-refractivity contribution in [1.82, 2.24) is 0 Å². The first-order valence-corrected chi connectivity index (χ1v) is 6.65. The first-order valence-electron chi connectivity index (χ1n) is 5.83. The molecule has 0 aliphatic carbocycles. The first kappa shape index (κ1) is 13.1. The van der Waals surface area contributed by atoms with Crippen molar-refractivity contribution in [2.75, 3.05) is 0 Å². The summed E-state index contributed by atoms with van der Waals surface area (Å²) in [6, 6.07) is 5.79. The van der Waals surface area contributed by atoms with E-state index in [1.54, 1.807) is 0 Å². The second kappa shape index (κ2) is 9.23. The molecule has 0 N–H and O–H groups in total. The molecule has 1 aromatic rings. The minimum atomic E-state index is 0.749. The highest BCUT2D eigenvalue weighted by Gasteiger charge is 1.86. The van der Waals surface area contributed by atoms with E-state index < -0.39 is 0 Å². The summed E-state index contributed by atoms with van der Waals surface area (Å²) in [5, 5.41) is 1.11. The van der Waals surface area contributed by atoms with Crippen LogP contribution in [0.1, 0.15) is 44.3 Å². The van der Waals surface area contributed by atoms with E-state index in [4.69, 9.17) is 8.93 Å². The predicted molar refractivity (Wildman–Crippen MR) is 68.9 cm³/mol. The van der Waals surface area contributed by atoms with Crippen LogP contribution in [0.15, 0.2) is 39.5 Å². The van der Waals surface area contributed by atoms with E-state index in [1.807, 2.05) is 18.2 Å². The van der Waals surface area contributed by atoms with Gasteiger partial charge in [-0.1, -0.05) is 44.4 Å². The number of hydrogen-bond acceptors (Lipinski definition) is 2. The highest BCUT2D eigenvalue weighted by molar-refractivity contribution is 7.24. The maximum absolute atomic E-state index is 4.93. The van der Waals surface area contributed by atoms with Crippen molar-refractivity contribution in [1.29, 1.82) is 0 Å². The Hall–Kier alpha value is -1.01. The zero-order valence-corrected chi connectivity index (χ0v) is 10.7. The lowest BCUT2D eigenvalue weighted by Gasteiger charge is -1.93. The van der Waals surface area contributed by atoms with Crippen LogP contribution in [0.5, 0.6) is 0 Å². The molecule has 1 aromatic heterocycles. The molecule has 0 atom stereocenters. The Morgan fingerprint density at radius 3 is 3.06 bits per heavy atom. The van der Waals surface area contributed by atoms with Crippen LogP contribution in [-0.2, 0) is 0 Å². The summed E-state index contributed by atoms with van der Waals surface area (Å²) in [7, 11) is 0.749. The van der Waals surface area contributed by atoms with Gasteiger partial charge in [-0.05, 0) is 25.0 Å². The van der Waals surface area contributed by atoms with Crippen molar-refractivity contribution in [2.45, 2.75) is 39.0 Å². The minimum Gasteiger partial charge on any atom is -0.295 e. The Balaban J connectivity index is 2.35. The minimum absolute atomic E-state index is 0.749. The molecule has 88 valence electrons. The first-order chi connectivity index (χ1) is 7.93. The normalized spacial score (nSPS) is 11.1. The maximum Gasteiger partial charge on any atom is 0.191 e. The fourth-order valence-electron chi connectivity index (χ4n) is 1.33. The zero-order chi connectivity index (χ0) is 11.5. The standard InChI is InChI=1S/C13H19O2P/c1-2-3-4-5-6-7-10-13-11-8-9-12-14-15-16-13/h7-12H,2-6H2,1H3. The highest BCUT2D eigenvalue weighted by atomic mass is 31.1. The molecule has 0 aliphatic rings. The average Bonchev–Trinajstić information content (AvgIpc) is 2.25. The predicted octanol–water partition coefficient (Wildman–Crippen LogP) is 5.56. The lowest BCUT2D eigenvalue weighted by molar-refractivity contribution is 0.101. The molecule has 2 nitrogen and oxygen atoms in total. The number of hydrogen-bond donors (Lipinski definition) is 0. The lowest BCUT2D eigenvalue weighted by atomic mass is 10.1. The molecular weight excluding hydrogens is 219 g/mol. The second-order valence-electron chi connectivity index (χ2n) is 3.63. The van der Waals surface area contributed by atoms with Crippen LogP contribution >= 0.6 is 8.43 Å². The van der Waals surface area contributed by atoms with Gasteiger partial charge in [-0.15, -0.1) is 0 Å². The van der Waals surface area contributed by atoms with Crippen molar-refractivity contribution in [3.05, 3.63) is 35.8 Å². The molecule has 1 rings (SSSR count). The number of unbranched alkanes of at least 4 members (excludes halogenated alkanes) is 4. The van der Waals surface area contributed by atoms with Gasteiger partial charge in [0.2, 0.25) is 0 Å². The Bertz CT molecular complexity index is 318. The van der Waals surface area contributed by atoms with Crippen LogP contribution in [0.3, 0.4) is 0 Å². The fraction of sp³-hybridized carbons (Fsp3) is 0.462. The van der Waals surface area contributed by atoms with E-state index >= 15 is 0 Å². The zero-order valence-electron chi connectivity index (χ0n) is 9.76. The van der Waals surface area contributed by atoms with Gasteiger partial charge < -0.3 is 0 Å². The molecule has 0 spiro atoms. The highest BCUT2D eigenvalue weighted by Crippen LogP contribution is 2.13. The van der Waals surface area contributed by atoms with Gasteiger partial charge in [0.1, 0.15) is 6.26 Å². The van der Waals surface area contributed by atoms with Crippen LogP contribution in [0, 0.1) is 0 Å². The van der Waals surface area contributed by atoms with E-state index in [-0.39, 0.29) is 0 Å². The molecule has 3 heteroatoms. The Morgan fingerprint density at radius 2 is 2.19 bits per heavy atom. The van der Waals surface area contributed by atoms with E-state index in [2.05, 4.69) is 19.1 Å². The van der Waals surface area contributed by atoms with Gasteiger partial charge in [0.25, 0.3) is 0 Å². The van der Waals surface area contributed by atoms with E-state index in [0.29, 0.717) is 0 Å². The Kier molecular flexibility index (Phi) is 7.53. The quantitative estimate of drug-likeness (QED) is 0.479. The van der Waals surface area contributed by atoms with Gasteiger partial charge in [-0.2, -0.15) is 0 Å². The van der Waals surface area contributed by atoms with Crippen molar-refractivity contribution < 1.29 is 8.93 Å². The molecule has 16 heavy (non-hydrogen) atoms. The molecule has 0 saturated heterocycles. The molecule has 1 heterocycles. The van der Waals surface area contributed by atoms with Crippen LogP contribution in [0.4, 0.5) is 0 Å². The van der Waals surface area contributed by atoms with Crippen molar-refractivity contribution in [3.8, 4) is 0 Å². The molecule has 0 fully saturated rings. The Labute approximate surface area is 98.8 Å². The van der Waals surface area contributed by atoms with Crippen molar-refractivity contribution >= 4 is 14.5 Å². The van der Waals surface area contributed by atoms with Gasteiger partial charge in [-0.3, -0.25) is 8.93 Å². The van der Waals surface area contributed by atoms with E-state index in [9.17, 15) is 0 Å². The van der Waals surface area contributed by atoms with Crippen LogP contribution in [-0.4, -0.2) is 0 Å². The van der Waals surface area contributed by atoms with Crippen LogP contribution < -0.4 is 0 Å². The molecular formula is C13H19O2P. The summed E-state index contributed by atoms with van der Waals surface area (Å²) in [6.45, 7) is 2.23. The summed E-state index contributed by atoms with van der Waals surface area (Å²) >= 11 is 0. The summed E-state index contributed by atoms with van der Waals surface area (Å²) in [6.07, 6.45) is 12.2. The molecule has 0 radical (unpaired) electrons. The Morgan fingerprint density at radius 1 is 1.25 bits per heavy atom. The van der Waals surface area contributed by atoms with Gasteiger partial charge in [-0.25, -0.2) is 0 Å². The number of rotatable bonds is 6. The molecule has 0 unspecified atom stereocenters. The van der Waals surface area contributed by atoms with E-state index in [0.717, 1.165) is 20.1 Å².